The van der Waals surface area contributed by atoms with E-state index in [9.17, 15) is 9.90 Å². The molecule has 1 aromatic heterocycles. The average Bonchev–Trinajstić information content (AvgIpc) is 2.73. The number of nitrogens with one attached hydrogen (secondary N) is 1. The summed E-state index contributed by atoms with van der Waals surface area (Å²) in [6, 6.07) is 6.70. The molecule has 2 atom stereocenters. The van der Waals surface area contributed by atoms with Crippen LogP contribution in [-0.2, 0) is 19.8 Å². The van der Waals surface area contributed by atoms with Crippen molar-refractivity contribution in [2.75, 3.05) is 24.9 Å². The van der Waals surface area contributed by atoms with Gasteiger partial charge in [0.15, 0.2) is 5.54 Å². The zero-order chi connectivity index (χ0) is 21.0. The second-order valence-corrected chi connectivity index (χ2v) is 6.06. The van der Waals surface area contributed by atoms with Crippen molar-refractivity contribution in [3.8, 4) is 0 Å². The van der Waals surface area contributed by atoms with Crippen molar-refractivity contribution in [1.82, 2.24) is 20.3 Å². The van der Waals surface area contributed by atoms with E-state index < -0.39 is 17.9 Å². The number of para-hydroxylation sites is 1. The van der Waals surface area contributed by atoms with Crippen LogP contribution in [0, 0.1) is 0 Å². The Morgan fingerprint density at radius 2 is 1.97 bits per heavy atom. The van der Waals surface area contributed by atoms with Gasteiger partial charge in [0.1, 0.15) is 12.7 Å². The smallest absolute Gasteiger partial charge is 0.333 e. The molecule has 1 aromatic carbocycles. The number of nitrogens with two attached hydrogens (primary N) is 1. The number of benzene rings is 1. The molecule has 29 heavy (non-hydrogen) atoms. The summed E-state index contributed by atoms with van der Waals surface area (Å²) in [6.07, 6.45) is 1.65. The number of hydrogen-bond donors (Lipinski definition) is 3. The highest BCUT2D eigenvalue weighted by Crippen LogP contribution is 2.27. The van der Waals surface area contributed by atoms with Crippen LogP contribution < -0.4 is 16.0 Å². The molecule has 0 amide bonds. The third-order valence-electron chi connectivity index (χ3n) is 4.24. The molecule has 1 aliphatic heterocycles. The minimum absolute atomic E-state index is 0.0211. The van der Waals surface area contributed by atoms with Crippen molar-refractivity contribution in [2.24, 2.45) is 9.98 Å². The van der Waals surface area contributed by atoms with Gasteiger partial charge in [-0.05, 0) is 13.0 Å². The maximum absolute atomic E-state index is 12.1. The van der Waals surface area contributed by atoms with E-state index in [-0.39, 0.29) is 17.9 Å². The Balaban J connectivity index is 2.00. The van der Waals surface area contributed by atoms with Crippen LogP contribution in [0.25, 0.3) is 0 Å². The second kappa shape index (κ2) is 8.06. The fraction of sp³-hybridized carbons (Fsp3) is 0.294. The first-order valence-electron chi connectivity index (χ1n) is 8.41. The van der Waals surface area contributed by atoms with Crippen LogP contribution in [0.1, 0.15) is 12.5 Å². The molecule has 0 aliphatic carbocycles. The third-order valence-corrected chi connectivity index (χ3v) is 4.24. The van der Waals surface area contributed by atoms with Crippen molar-refractivity contribution in [1.29, 1.82) is 0 Å². The highest BCUT2D eigenvalue weighted by atomic mass is 16.5. The number of nitrogens with zero attached hydrogens (tertiary/aromatic N) is 6. The van der Waals surface area contributed by atoms with Crippen LogP contribution in [0.15, 0.2) is 46.9 Å². The van der Waals surface area contributed by atoms with Gasteiger partial charge in [0, 0.05) is 18.4 Å². The van der Waals surface area contributed by atoms with Crippen molar-refractivity contribution < 1.29 is 19.4 Å². The number of aliphatic imine (C=N–C) groups is 2. The van der Waals surface area contributed by atoms with Gasteiger partial charge in [0.2, 0.25) is 18.3 Å². The summed E-state index contributed by atoms with van der Waals surface area (Å²) in [7, 11) is 2.82. The number of aromatic nitrogens is 3. The van der Waals surface area contributed by atoms with Crippen molar-refractivity contribution >= 4 is 29.6 Å². The molecule has 12 heteroatoms. The minimum Gasteiger partial charge on any atom is -0.479 e. The van der Waals surface area contributed by atoms with Crippen molar-refractivity contribution in [3.63, 3.8) is 0 Å². The van der Waals surface area contributed by atoms with E-state index in [0.29, 0.717) is 11.3 Å². The van der Waals surface area contributed by atoms with Crippen LogP contribution >= 0.6 is 0 Å². The van der Waals surface area contributed by atoms with Crippen LogP contribution in [-0.4, -0.2) is 58.6 Å². The average molecular weight is 400 g/mol. The summed E-state index contributed by atoms with van der Waals surface area (Å²) in [5, 5.41) is 12.7. The molecule has 0 fully saturated rings. The third kappa shape index (κ3) is 3.78. The Morgan fingerprint density at radius 1 is 1.28 bits per heavy atom. The molecule has 12 nitrogen and oxygen atoms in total. The topological polar surface area (TPSA) is 160 Å². The minimum atomic E-state index is -1.61. The van der Waals surface area contributed by atoms with Crippen LogP contribution in [0.2, 0.25) is 0 Å². The maximum Gasteiger partial charge on any atom is 0.333 e. The van der Waals surface area contributed by atoms with Gasteiger partial charge in [-0.3, -0.25) is 0 Å². The SMILES string of the molecule is COC1=NC(NC(C)(C(=O)O)c2ccccc2N)=NC(OC)N1c1ncncn1. The molecule has 2 heterocycles. The van der Waals surface area contributed by atoms with Gasteiger partial charge in [-0.15, -0.1) is 0 Å². The summed E-state index contributed by atoms with van der Waals surface area (Å²) in [5.74, 6) is -0.989. The Hall–Kier alpha value is -3.80. The van der Waals surface area contributed by atoms with Gasteiger partial charge < -0.3 is 25.6 Å². The zero-order valence-corrected chi connectivity index (χ0v) is 16.0. The lowest BCUT2D eigenvalue weighted by atomic mass is 9.90. The largest absolute Gasteiger partial charge is 0.479 e. The van der Waals surface area contributed by atoms with E-state index in [1.54, 1.807) is 24.3 Å². The fourth-order valence-corrected chi connectivity index (χ4v) is 2.75. The van der Waals surface area contributed by atoms with Crippen LogP contribution in [0.3, 0.4) is 0 Å². The predicted octanol–water partition coefficient (Wildman–Crippen LogP) is 0.152. The molecule has 1 aliphatic rings. The number of nitrogen functional groups attached to an aromatic ring is 1. The lowest BCUT2D eigenvalue weighted by Crippen LogP contribution is -2.53. The van der Waals surface area contributed by atoms with Crippen LogP contribution in [0.4, 0.5) is 11.6 Å². The van der Waals surface area contributed by atoms with Gasteiger partial charge in [-0.25, -0.2) is 24.6 Å². The number of carboxylic acids is 1. The quantitative estimate of drug-likeness (QED) is 0.589. The summed E-state index contributed by atoms with van der Waals surface area (Å²) in [6.45, 7) is 1.46. The van der Waals surface area contributed by atoms with E-state index in [1.165, 1.54) is 38.7 Å². The number of hydrogen-bond acceptors (Lipinski definition) is 11. The normalized spacial score (nSPS) is 18.3. The molecule has 0 bridgehead atoms. The number of carboxylic acid groups (broad SMARTS) is 1. The van der Waals surface area contributed by atoms with Gasteiger partial charge in [-0.1, -0.05) is 18.2 Å². The summed E-state index contributed by atoms with van der Waals surface area (Å²) in [4.78, 5) is 33.9. The number of aliphatic carboxylic acids is 1. The molecule has 0 saturated heterocycles. The van der Waals surface area contributed by atoms with E-state index >= 15 is 0 Å². The molecular weight excluding hydrogens is 380 g/mol. The Labute approximate surface area is 166 Å². The predicted molar refractivity (Wildman–Crippen MR) is 104 cm³/mol. The highest BCUT2D eigenvalue weighted by Gasteiger charge is 2.40. The number of guanidine groups is 1. The van der Waals surface area contributed by atoms with Gasteiger partial charge in [0.05, 0.1) is 7.11 Å². The number of methoxy groups -OCH3 is 2. The second-order valence-electron chi connectivity index (χ2n) is 6.06. The fourth-order valence-electron chi connectivity index (χ4n) is 2.75. The molecule has 2 aromatic rings. The first-order chi connectivity index (χ1) is 13.9. The standard InChI is InChI=1S/C17H20N8O4/c1-17(12(26)27,10-6-4-5-7-11(10)18)24-13-22-15(28-2)25(16(23-13)29-3)14-20-8-19-9-21-14/h4-9,15H,18H2,1-3H3,(H,22,24)(H,26,27). The first kappa shape index (κ1) is 19.9. The number of anilines is 2. The molecule has 152 valence electrons. The molecule has 4 N–H and O–H groups in total. The van der Waals surface area contributed by atoms with Gasteiger partial charge >= 0.3 is 12.0 Å². The summed E-state index contributed by atoms with van der Waals surface area (Å²) >= 11 is 0. The molecule has 0 saturated carbocycles. The molecule has 0 radical (unpaired) electrons. The Bertz CT molecular complexity index is 951. The lowest BCUT2D eigenvalue weighted by molar-refractivity contribution is -0.143. The van der Waals surface area contributed by atoms with E-state index in [4.69, 9.17) is 15.2 Å². The number of rotatable bonds is 5. The molecule has 2 unspecified atom stereocenters. The van der Waals surface area contributed by atoms with E-state index in [2.05, 4.69) is 30.3 Å². The van der Waals surface area contributed by atoms with Gasteiger partial charge in [0.25, 0.3) is 0 Å². The first-order valence-corrected chi connectivity index (χ1v) is 8.41. The lowest BCUT2D eigenvalue weighted by Gasteiger charge is -2.33. The van der Waals surface area contributed by atoms with Crippen molar-refractivity contribution in [2.45, 2.75) is 18.8 Å². The van der Waals surface area contributed by atoms with Crippen molar-refractivity contribution in [3.05, 3.63) is 42.5 Å². The van der Waals surface area contributed by atoms with Crippen LogP contribution in [0.5, 0.6) is 0 Å². The monoisotopic (exact) mass is 400 g/mol. The molecule has 3 rings (SSSR count). The Kier molecular flexibility index (Phi) is 5.54. The highest BCUT2D eigenvalue weighted by molar-refractivity contribution is 6.03. The number of ether oxygens (including phenoxy) is 2. The van der Waals surface area contributed by atoms with E-state index in [0.717, 1.165) is 0 Å². The summed E-state index contributed by atoms with van der Waals surface area (Å²) in [5.41, 5.74) is 5.06. The molecule has 0 spiro atoms. The number of amidine groups is 1. The zero-order valence-electron chi connectivity index (χ0n) is 16.0. The maximum atomic E-state index is 12.1. The van der Waals surface area contributed by atoms with Gasteiger partial charge in [-0.2, -0.15) is 9.98 Å². The molecular formula is C17H20N8O4. The van der Waals surface area contributed by atoms with E-state index in [1.807, 2.05) is 0 Å². The Morgan fingerprint density at radius 3 is 2.55 bits per heavy atom. The summed E-state index contributed by atoms with van der Waals surface area (Å²) < 4.78 is 10.7. The number of carbonyl (C=O) groups is 1.